The van der Waals surface area contributed by atoms with E-state index in [2.05, 4.69) is 24.8 Å². The van der Waals surface area contributed by atoms with E-state index in [4.69, 9.17) is 19.0 Å². The monoisotopic (exact) mass is 626 g/mol. The number of ether oxygens (including phenoxy) is 3. The van der Waals surface area contributed by atoms with Gasteiger partial charge in [-0.2, -0.15) is 4.37 Å². The molecule has 1 N–H and O–H groups in total. The zero-order valence-electron chi connectivity index (χ0n) is 21.2. The van der Waals surface area contributed by atoms with Crippen LogP contribution < -0.4 is 5.32 Å². The molecular formula is C22H22N6O8S4. The van der Waals surface area contributed by atoms with E-state index < -0.39 is 47.6 Å². The summed E-state index contributed by atoms with van der Waals surface area (Å²) >= 11 is 5.33. The molecule has 5 heterocycles. The van der Waals surface area contributed by atoms with Crippen molar-refractivity contribution in [1.82, 2.24) is 24.6 Å². The molecule has 0 aromatic carbocycles. The molecule has 18 heteroatoms. The lowest BCUT2D eigenvalue weighted by atomic mass is 10.0. The molecule has 0 bridgehead atoms. The van der Waals surface area contributed by atoms with Crippen LogP contribution in [0.1, 0.15) is 18.4 Å². The summed E-state index contributed by atoms with van der Waals surface area (Å²) in [5.41, 5.74) is 2.55. The molecule has 2 saturated heterocycles. The number of thioether (sulfide) groups is 2. The van der Waals surface area contributed by atoms with Crippen LogP contribution in [-0.4, -0.2) is 97.7 Å². The van der Waals surface area contributed by atoms with Gasteiger partial charge in [-0.1, -0.05) is 16.9 Å². The number of thiazole rings is 1. The largest absolute Gasteiger partial charge is 0.509 e. The highest BCUT2D eigenvalue weighted by molar-refractivity contribution is 8.01. The third kappa shape index (κ3) is 5.79. The Hall–Kier alpha value is -3.22. The Kier molecular flexibility index (Phi) is 8.57. The van der Waals surface area contributed by atoms with Crippen molar-refractivity contribution in [2.75, 3.05) is 25.2 Å². The number of aryl methyl sites for hydroxylation is 1. The molecule has 0 radical (unpaired) electrons. The molecule has 0 spiro atoms. The van der Waals surface area contributed by atoms with E-state index in [0.717, 1.165) is 4.34 Å². The third-order valence-corrected chi connectivity index (χ3v) is 9.85. The number of fused-ring (bicyclic) bond motifs is 1. The van der Waals surface area contributed by atoms with Gasteiger partial charge >= 0.3 is 12.1 Å². The average Bonchev–Trinajstić information content (AvgIpc) is 3.68. The number of hydrogen-bond acceptors (Lipinski definition) is 16. The number of oxime groups is 1. The van der Waals surface area contributed by atoms with Crippen molar-refractivity contribution in [1.29, 1.82) is 0 Å². The van der Waals surface area contributed by atoms with E-state index in [-0.39, 0.29) is 18.0 Å². The van der Waals surface area contributed by atoms with E-state index in [1.54, 1.807) is 24.7 Å². The van der Waals surface area contributed by atoms with Gasteiger partial charge in [0.25, 0.3) is 11.8 Å². The Balaban J connectivity index is 1.33. The van der Waals surface area contributed by atoms with Gasteiger partial charge in [-0.05, 0) is 31.0 Å². The van der Waals surface area contributed by atoms with Gasteiger partial charge in [-0.3, -0.25) is 14.5 Å². The molecular weight excluding hydrogens is 605 g/mol. The van der Waals surface area contributed by atoms with Crippen molar-refractivity contribution in [3.63, 3.8) is 0 Å². The van der Waals surface area contributed by atoms with Crippen LogP contribution in [0.3, 0.4) is 0 Å². The number of nitrogens with zero attached hydrogens (tertiary/aromatic N) is 5. The van der Waals surface area contributed by atoms with Crippen LogP contribution in [-0.2, 0) is 33.4 Å². The number of cyclic esters (lactones) is 2. The van der Waals surface area contributed by atoms with E-state index in [0.29, 0.717) is 28.6 Å². The Bertz CT molecular complexity index is 1380. The number of hydrogen-bond donors (Lipinski definition) is 1. The highest BCUT2D eigenvalue weighted by Crippen LogP contribution is 2.42. The predicted molar refractivity (Wildman–Crippen MR) is 145 cm³/mol. The lowest BCUT2D eigenvalue weighted by Gasteiger charge is -2.49. The fourth-order valence-corrected chi connectivity index (χ4v) is 7.64. The third-order valence-electron chi connectivity index (χ3n) is 5.91. The molecule has 4 atom stereocenters. The van der Waals surface area contributed by atoms with Crippen molar-refractivity contribution in [2.24, 2.45) is 5.16 Å². The molecule has 0 saturated carbocycles. The Morgan fingerprint density at radius 1 is 1.32 bits per heavy atom. The van der Waals surface area contributed by atoms with Crippen molar-refractivity contribution in [3.05, 3.63) is 33.7 Å². The summed E-state index contributed by atoms with van der Waals surface area (Å²) in [5, 5.41) is 7.54. The minimum atomic E-state index is -0.912. The fourth-order valence-electron chi connectivity index (χ4n) is 3.97. The molecule has 2 fully saturated rings. The predicted octanol–water partition coefficient (Wildman–Crippen LogP) is 1.57. The van der Waals surface area contributed by atoms with Gasteiger partial charge in [0.05, 0.1) is 5.51 Å². The zero-order chi connectivity index (χ0) is 28.4. The molecule has 2 aromatic rings. The lowest BCUT2D eigenvalue weighted by molar-refractivity contribution is -0.153. The molecule has 3 unspecified atom stereocenters. The molecule has 0 aliphatic carbocycles. The van der Waals surface area contributed by atoms with Gasteiger partial charge in [-0.25, -0.2) is 19.6 Å². The van der Waals surface area contributed by atoms with Crippen LogP contribution in [0.25, 0.3) is 0 Å². The van der Waals surface area contributed by atoms with Crippen molar-refractivity contribution in [2.45, 2.75) is 41.8 Å². The zero-order valence-corrected chi connectivity index (χ0v) is 24.5. The van der Waals surface area contributed by atoms with Gasteiger partial charge < -0.3 is 24.4 Å². The molecule has 3 aliphatic rings. The highest BCUT2D eigenvalue weighted by atomic mass is 32.2. The smallest absolute Gasteiger partial charge is 0.457 e. The quantitative estimate of drug-likeness (QED) is 0.133. The average molecular weight is 627 g/mol. The lowest BCUT2D eigenvalue weighted by Crippen LogP contribution is -2.71. The first kappa shape index (κ1) is 28.3. The van der Waals surface area contributed by atoms with E-state index in [1.807, 2.05) is 0 Å². The summed E-state index contributed by atoms with van der Waals surface area (Å²) in [5.74, 6) is -0.445. The number of amides is 2. The molecule has 14 nitrogen and oxygen atoms in total. The van der Waals surface area contributed by atoms with Gasteiger partial charge in [0.1, 0.15) is 48.5 Å². The second kappa shape index (κ2) is 12.1. The van der Waals surface area contributed by atoms with Crippen LogP contribution in [0.4, 0.5) is 4.79 Å². The highest BCUT2D eigenvalue weighted by Gasteiger charge is 2.55. The Morgan fingerprint density at radius 2 is 2.15 bits per heavy atom. The van der Waals surface area contributed by atoms with Gasteiger partial charge in [0, 0.05) is 16.9 Å². The molecule has 2 aromatic heterocycles. The SMILES string of the molecule is CO/N=C(\C(=O)NC1C(=O)N2C(C(=O)OCC3OC(=O)OC3C)=C(CSc3nc(C)ns3)CS[C@@H]12)c1cscn1. The minimum absolute atomic E-state index is 0.0714. The number of nitrogens with one attached hydrogen (secondary N) is 1. The summed E-state index contributed by atoms with van der Waals surface area (Å²) < 4.78 is 20.3. The molecule has 5 rings (SSSR count). The summed E-state index contributed by atoms with van der Waals surface area (Å²) in [6.45, 7) is 3.17. The molecule has 2 amide bonds. The van der Waals surface area contributed by atoms with Crippen molar-refractivity contribution < 1.29 is 38.2 Å². The first-order valence-electron chi connectivity index (χ1n) is 11.7. The second-order valence-corrected chi connectivity index (χ2v) is 12.3. The summed E-state index contributed by atoms with van der Waals surface area (Å²) in [6.07, 6.45) is -2.20. The van der Waals surface area contributed by atoms with Gasteiger partial charge in [-0.15, -0.1) is 23.1 Å². The minimum Gasteiger partial charge on any atom is -0.457 e. The summed E-state index contributed by atoms with van der Waals surface area (Å²) in [7, 11) is 1.30. The Labute approximate surface area is 244 Å². The van der Waals surface area contributed by atoms with E-state index >= 15 is 0 Å². The van der Waals surface area contributed by atoms with Gasteiger partial charge in [0.15, 0.2) is 16.2 Å². The first-order chi connectivity index (χ1) is 19.3. The van der Waals surface area contributed by atoms with Crippen molar-refractivity contribution in [3.8, 4) is 0 Å². The van der Waals surface area contributed by atoms with Crippen LogP contribution in [0.15, 0.2) is 31.7 Å². The maximum absolute atomic E-state index is 13.4. The standard InChI is InChI=1S/C22H22N6O8S4/c1-9-13(36-22(32)35-9)4-34-20(31)16-11(6-39-21-24-10(2)27-40-21)5-38-19-15(18(30)28(16)19)25-17(29)14(26-33-3)12-7-37-8-23-12/h7-9,13,15,19H,4-6H2,1-3H3,(H,25,29)/b26-14-/t9?,13?,15?,19-/m0/s1. The summed E-state index contributed by atoms with van der Waals surface area (Å²) in [6, 6.07) is -0.912. The number of β-lactam (4-membered cyclic amide) rings is 1. The Morgan fingerprint density at radius 3 is 2.80 bits per heavy atom. The maximum atomic E-state index is 13.4. The number of esters is 1. The van der Waals surface area contributed by atoms with E-state index in [9.17, 15) is 19.2 Å². The number of carbonyl (C=O) groups excluding carboxylic acids is 4. The first-order valence-corrected chi connectivity index (χ1v) is 15.5. The van der Waals surface area contributed by atoms with Crippen LogP contribution in [0.5, 0.6) is 0 Å². The molecule has 212 valence electrons. The van der Waals surface area contributed by atoms with Gasteiger partial charge in [0.2, 0.25) is 0 Å². The number of rotatable bonds is 10. The van der Waals surface area contributed by atoms with Crippen molar-refractivity contribution >= 4 is 76.0 Å². The second-order valence-electron chi connectivity index (χ2n) is 8.53. The molecule has 3 aliphatic heterocycles. The topological polar surface area (TPSA) is 171 Å². The van der Waals surface area contributed by atoms with Crippen LogP contribution in [0.2, 0.25) is 0 Å². The fraction of sp³-hybridized carbons (Fsp3) is 0.455. The number of carbonyl (C=O) groups is 4. The maximum Gasteiger partial charge on any atom is 0.509 e. The normalized spacial score (nSPS) is 24.2. The van der Waals surface area contributed by atoms with E-state index in [1.165, 1.54) is 58.4 Å². The summed E-state index contributed by atoms with van der Waals surface area (Å²) in [4.78, 5) is 65.7. The van der Waals surface area contributed by atoms with Crippen LogP contribution >= 0.6 is 46.4 Å². The molecule has 40 heavy (non-hydrogen) atoms. The number of aromatic nitrogens is 3. The van der Waals surface area contributed by atoms with Crippen LogP contribution in [0, 0.1) is 6.92 Å².